The Balaban J connectivity index is 1.75. The molecule has 12 heavy (non-hydrogen) atoms. The lowest BCUT2D eigenvalue weighted by molar-refractivity contribution is 0.310. The summed E-state index contributed by atoms with van der Waals surface area (Å²) in [6.45, 7) is 0.346. The zero-order valence-corrected chi connectivity index (χ0v) is 7.61. The van der Waals surface area contributed by atoms with E-state index >= 15 is 0 Å². The molecule has 0 aromatic heterocycles. The van der Waals surface area contributed by atoms with Crippen LogP contribution in [-0.4, -0.2) is 19.3 Å². The maximum atomic E-state index is 11.9. The molecule has 1 nitrogen and oxygen atoms in total. The summed E-state index contributed by atoms with van der Waals surface area (Å²) in [5.41, 5.74) is 0.618. The van der Waals surface area contributed by atoms with Gasteiger partial charge < -0.3 is 5.32 Å². The molecule has 2 aliphatic carbocycles. The van der Waals surface area contributed by atoms with Gasteiger partial charge in [-0.2, -0.15) is 0 Å². The molecule has 0 radical (unpaired) electrons. The fourth-order valence-electron chi connectivity index (χ4n) is 2.67. The minimum absolute atomic E-state index is 0.216. The third kappa shape index (κ3) is 1.49. The molecule has 0 aliphatic heterocycles. The van der Waals surface area contributed by atoms with E-state index in [1.54, 1.807) is 0 Å². The van der Waals surface area contributed by atoms with E-state index in [-0.39, 0.29) is 6.67 Å². The third-order valence-electron chi connectivity index (χ3n) is 3.52. The summed E-state index contributed by atoms with van der Waals surface area (Å²) in [6.07, 6.45) is 8.29. The Hall–Kier alpha value is -0.110. The average molecular weight is 171 g/mol. The van der Waals surface area contributed by atoms with Crippen LogP contribution in [0.1, 0.15) is 38.5 Å². The van der Waals surface area contributed by atoms with Crippen molar-refractivity contribution in [1.82, 2.24) is 5.32 Å². The lowest BCUT2D eigenvalue weighted by Gasteiger charge is -2.22. The number of nitrogens with one attached hydrogen (secondary N) is 1. The Kier molecular flexibility index (Phi) is 2.35. The van der Waals surface area contributed by atoms with Crippen LogP contribution in [0.25, 0.3) is 0 Å². The Morgan fingerprint density at radius 3 is 2.67 bits per heavy atom. The third-order valence-corrected chi connectivity index (χ3v) is 3.52. The number of halogens is 1. The molecule has 1 N–H and O–H groups in total. The minimum atomic E-state index is -0.216. The van der Waals surface area contributed by atoms with Crippen LogP contribution >= 0.6 is 0 Å². The van der Waals surface area contributed by atoms with Gasteiger partial charge in [-0.1, -0.05) is 19.3 Å². The summed E-state index contributed by atoms with van der Waals surface area (Å²) in [5.74, 6) is 0. The van der Waals surface area contributed by atoms with Crippen LogP contribution in [0.2, 0.25) is 0 Å². The van der Waals surface area contributed by atoms with Gasteiger partial charge in [0.2, 0.25) is 0 Å². The fourth-order valence-corrected chi connectivity index (χ4v) is 2.67. The first-order valence-electron chi connectivity index (χ1n) is 5.17. The Morgan fingerprint density at radius 2 is 2.00 bits per heavy atom. The van der Waals surface area contributed by atoms with Gasteiger partial charge in [-0.05, 0) is 24.7 Å². The maximum absolute atomic E-state index is 11.9. The van der Waals surface area contributed by atoms with E-state index in [1.807, 2.05) is 0 Å². The standard InChI is InChI=1S/C10H18FN/c11-6-7-12-9-8-10(9)4-2-1-3-5-10/h9,12H,1-8H2. The van der Waals surface area contributed by atoms with Crippen molar-refractivity contribution in [2.24, 2.45) is 5.41 Å². The maximum Gasteiger partial charge on any atom is 0.102 e. The number of hydrogen-bond donors (Lipinski definition) is 1. The molecule has 0 bridgehead atoms. The normalized spacial score (nSPS) is 32.2. The molecule has 0 aromatic carbocycles. The summed E-state index contributed by atoms with van der Waals surface area (Å²) in [5, 5.41) is 3.29. The largest absolute Gasteiger partial charge is 0.311 e. The minimum Gasteiger partial charge on any atom is -0.311 e. The summed E-state index contributed by atoms with van der Waals surface area (Å²) in [6, 6.07) is 0.661. The van der Waals surface area contributed by atoms with E-state index in [0.717, 1.165) is 0 Å². The highest BCUT2D eigenvalue weighted by atomic mass is 19.1. The fraction of sp³-hybridized carbons (Fsp3) is 1.00. The van der Waals surface area contributed by atoms with Crippen molar-refractivity contribution in [2.45, 2.75) is 44.6 Å². The van der Waals surface area contributed by atoms with Crippen molar-refractivity contribution in [2.75, 3.05) is 13.2 Å². The van der Waals surface area contributed by atoms with E-state index in [1.165, 1.54) is 38.5 Å². The first-order valence-corrected chi connectivity index (χ1v) is 5.17. The molecule has 2 fully saturated rings. The molecule has 2 aliphatic rings. The Bertz CT molecular complexity index is 150. The molecule has 0 heterocycles. The molecule has 70 valence electrons. The van der Waals surface area contributed by atoms with E-state index < -0.39 is 0 Å². The van der Waals surface area contributed by atoms with Crippen molar-refractivity contribution in [3.8, 4) is 0 Å². The van der Waals surface area contributed by atoms with Gasteiger partial charge in [0.1, 0.15) is 6.67 Å². The second kappa shape index (κ2) is 3.33. The number of rotatable bonds is 3. The van der Waals surface area contributed by atoms with Crippen LogP contribution in [0.3, 0.4) is 0 Å². The van der Waals surface area contributed by atoms with E-state index in [4.69, 9.17) is 0 Å². The molecule has 0 saturated heterocycles. The Morgan fingerprint density at radius 1 is 1.25 bits per heavy atom. The van der Waals surface area contributed by atoms with Crippen molar-refractivity contribution < 1.29 is 4.39 Å². The summed E-state index contributed by atoms with van der Waals surface area (Å²) < 4.78 is 11.9. The van der Waals surface area contributed by atoms with Crippen molar-refractivity contribution in [1.29, 1.82) is 0 Å². The average Bonchev–Trinajstić information content (AvgIpc) is 2.77. The molecular formula is C10H18FN. The van der Waals surface area contributed by atoms with Gasteiger partial charge in [-0.15, -0.1) is 0 Å². The van der Waals surface area contributed by atoms with Crippen molar-refractivity contribution in [3.05, 3.63) is 0 Å². The SMILES string of the molecule is FCCNC1CC12CCCCC2. The van der Waals surface area contributed by atoms with Crippen LogP contribution in [0.5, 0.6) is 0 Å². The van der Waals surface area contributed by atoms with Gasteiger partial charge in [0, 0.05) is 12.6 Å². The monoisotopic (exact) mass is 171 g/mol. The lowest BCUT2D eigenvalue weighted by Crippen LogP contribution is -2.26. The van der Waals surface area contributed by atoms with Gasteiger partial charge in [0.05, 0.1) is 0 Å². The van der Waals surface area contributed by atoms with Crippen LogP contribution in [0.15, 0.2) is 0 Å². The Labute approximate surface area is 73.7 Å². The van der Waals surface area contributed by atoms with Crippen LogP contribution in [0.4, 0.5) is 4.39 Å². The van der Waals surface area contributed by atoms with E-state index in [2.05, 4.69) is 5.32 Å². The summed E-state index contributed by atoms with van der Waals surface area (Å²) in [7, 11) is 0. The van der Waals surface area contributed by atoms with Gasteiger partial charge in [-0.25, -0.2) is 4.39 Å². The zero-order chi connectivity index (χ0) is 8.44. The van der Waals surface area contributed by atoms with Gasteiger partial charge in [0.15, 0.2) is 0 Å². The highest BCUT2D eigenvalue weighted by Gasteiger charge is 2.53. The van der Waals surface area contributed by atoms with Crippen molar-refractivity contribution >= 4 is 0 Å². The molecule has 1 spiro atoms. The quantitative estimate of drug-likeness (QED) is 0.687. The highest BCUT2D eigenvalue weighted by molar-refractivity contribution is 5.08. The predicted molar refractivity (Wildman–Crippen MR) is 47.9 cm³/mol. The first-order chi connectivity index (χ1) is 5.87. The molecule has 2 heteroatoms. The molecule has 1 unspecified atom stereocenters. The molecule has 2 rings (SSSR count). The smallest absolute Gasteiger partial charge is 0.102 e. The summed E-state index contributed by atoms with van der Waals surface area (Å²) >= 11 is 0. The number of hydrogen-bond acceptors (Lipinski definition) is 1. The second-order valence-corrected chi connectivity index (χ2v) is 4.32. The molecule has 0 amide bonds. The van der Waals surface area contributed by atoms with Gasteiger partial charge in [0.25, 0.3) is 0 Å². The molecule has 1 atom stereocenters. The molecule has 2 saturated carbocycles. The predicted octanol–water partition coefficient (Wildman–Crippen LogP) is 2.27. The van der Waals surface area contributed by atoms with Gasteiger partial charge in [-0.3, -0.25) is 0 Å². The second-order valence-electron chi connectivity index (χ2n) is 4.32. The molecule has 0 aromatic rings. The lowest BCUT2D eigenvalue weighted by atomic mass is 9.86. The number of alkyl halides is 1. The molecular weight excluding hydrogens is 153 g/mol. The zero-order valence-electron chi connectivity index (χ0n) is 7.61. The van der Waals surface area contributed by atoms with E-state index in [0.29, 0.717) is 18.0 Å². The van der Waals surface area contributed by atoms with Gasteiger partial charge >= 0.3 is 0 Å². The van der Waals surface area contributed by atoms with Crippen molar-refractivity contribution in [3.63, 3.8) is 0 Å². The van der Waals surface area contributed by atoms with Crippen LogP contribution in [-0.2, 0) is 0 Å². The highest BCUT2D eigenvalue weighted by Crippen LogP contribution is 2.56. The topological polar surface area (TPSA) is 12.0 Å². The van der Waals surface area contributed by atoms with Crippen LogP contribution < -0.4 is 5.32 Å². The van der Waals surface area contributed by atoms with E-state index in [9.17, 15) is 4.39 Å². The van der Waals surface area contributed by atoms with Crippen LogP contribution in [0, 0.1) is 5.41 Å². The first kappa shape index (κ1) is 8.49. The summed E-state index contributed by atoms with van der Waals surface area (Å²) in [4.78, 5) is 0.